The predicted octanol–water partition coefficient (Wildman–Crippen LogP) is 4.12. The standard InChI is InChI=1S/C23H17BrN4O3/c1-13-5-14(2)7-17(6-13)28-22-19(10-26-28)23(30)27(12-25-22)11-15-8-21(29)31-20-9-16(24)3-4-18(15)20/h3-10,12H,11H2,1-2H3. The van der Waals surface area contributed by atoms with Gasteiger partial charge in [0.1, 0.15) is 17.3 Å². The molecule has 0 amide bonds. The lowest BCUT2D eigenvalue weighted by Gasteiger charge is -2.09. The van der Waals surface area contributed by atoms with Crippen LogP contribution in [0.15, 0.2) is 73.5 Å². The highest BCUT2D eigenvalue weighted by Crippen LogP contribution is 2.22. The van der Waals surface area contributed by atoms with Crippen LogP contribution in [0.5, 0.6) is 0 Å². The van der Waals surface area contributed by atoms with Gasteiger partial charge >= 0.3 is 5.63 Å². The number of fused-ring (bicyclic) bond motifs is 2. The molecule has 0 bridgehead atoms. The second kappa shape index (κ2) is 7.31. The van der Waals surface area contributed by atoms with Gasteiger partial charge in [-0.05, 0) is 60.9 Å². The molecule has 5 rings (SSSR count). The fraction of sp³-hybridized carbons (Fsp3) is 0.130. The van der Waals surface area contributed by atoms with Crippen molar-refractivity contribution in [1.82, 2.24) is 19.3 Å². The number of nitrogens with zero attached hydrogens (tertiary/aromatic N) is 4. The van der Waals surface area contributed by atoms with Gasteiger partial charge in [0, 0.05) is 15.9 Å². The summed E-state index contributed by atoms with van der Waals surface area (Å²) in [4.78, 5) is 29.7. The van der Waals surface area contributed by atoms with E-state index in [2.05, 4.69) is 32.1 Å². The summed E-state index contributed by atoms with van der Waals surface area (Å²) in [6.07, 6.45) is 3.03. The van der Waals surface area contributed by atoms with Crippen molar-refractivity contribution in [2.45, 2.75) is 20.4 Å². The molecule has 0 spiro atoms. The number of aryl methyl sites for hydroxylation is 2. The molecular formula is C23H17BrN4O3. The molecule has 0 fully saturated rings. The molecule has 154 valence electrons. The SMILES string of the molecule is Cc1cc(C)cc(-n2ncc3c(=O)n(Cc4cc(=O)oc5cc(Br)ccc45)cnc32)c1. The van der Waals surface area contributed by atoms with Crippen molar-refractivity contribution in [2.75, 3.05) is 0 Å². The van der Waals surface area contributed by atoms with E-state index in [0.29, 0.717) is 22.2 Å². The van der Waals surface area contributed by atoms with Crippen LogP contribution in [0.3, 0.4) is 0 Å². The van der Waals surface area contributed by atoms with Gasteiger partial charge in [0.05, 0.1) is 18.4 Å². The molecule has 0 N–H and O–H groups in total. The monoisotopic (exact) mass is 476 g/mol. The maximum atomic E-state index is 13.1. The smallest absolute Gasteiger partial charge is 0.336 e. The predicted molar refractivity (Wildman–Crippen MR) is 122 cm³/mol. The first-order valence-corrected chi connectivity index (χ1v) is 10.4. The van der Waals surface area contributed by atoms with Crippen LogP contribution in [0.2, 0.25) is 0 Å². The summed E-state index contributed by atoms with van der Waals surface area (Å²) >= 11 is 3.38. The van der Waals surface area contributed by atoms with Crippen LogP contribution >= 0.6 is 15.9 Å². The van der Waals surface area contributed by atoms with Crippen LogP contribution in [-0.4, -0.2) is 19.3 Å². The minimum absolute atomic E-state index is 0.195. The fourth-order valence-corrected chi connectivity index (χ4v) is 4.18. The van der Waals surface area contributed by atoms with E-state index in [1.165, 1.54) is 23.2 Å². The number of aromatic nitrogens is 4. The van der Waals surface area contributed by atoms with Crippen LogP contribution in [0.4, 0.5) is 0 Å². The Labute approximate surface area is 184 Å². The first-order chi connectivity index (χ1) is 14.9. The zero-order valence-electron chi connectivity index (χ0n) is 16.8. The lowest BCUT2D eigenvalue weighted by Crippen LogP contribution is -2.21. The summed E-state index contributed by atoms with van der Waals surface area (Å²) in [5.41, 5.74) is 4.01. The molecule has 0 aliphatic carbocycles. The average Bonchev–Trinajstić information content (AvgIpc) is 3.14. The van der Waals surface area contributed by atoms with Crippen molar-refractivity contribution in [3.8, 4) is 5.69 Å². The Kier molecular flexibility index (Phi) is 4.59. The van der Waals surface area contributed by atoms with Gasteiger partial charge in [0.15, 0.2) is 5.65 Å². The van der Waals surface area contributed by atoms with E-state index in [0.717, 1.165) is 26.7 Å². The van der Waals surface area contributed by atoms with Crippen molar-refractivity contribution in [1.29, 1.82) is 0 Å². The summed E-state index contributed by atoms with van der Waals surface area (Å²) in [7, 11) is 0. The Morgan fingerprint density at radius 2 is 1.77 bits per heavy atom. The summed E-state index contributed by atoms with van der Waals surface area (Å²) in [6, 6.07) is 12.9. The second-order valence-electron chi connectivity index (χ2n) is 7.55. The molecule has 0 saturated heterocycles. The molecule has 0 saturated carbocycles. The van der Waals surface area contributed by atoms with Gasteiger partial charge in [0.2, 0.25) is 0 Å². The van der Waals surface area contributed by atoms with Crippen molar-refractivity contribution < 1.29 is 4.42 Å². The number of halogens is 1. The molecule has 0 unspecified atom stereocenters. The molecule has 3 heterocycles. The molecule has 8 heteroatoms. The van der Waals surface area contributed by atoms with Gasteiger partial charge in [-0.3, -0.25) is 9.36 Å². The van der Waals surface area contributed by atoms with E-state index in [4.69, 9.17) is 4.42 Å². The Morgan fingerprint density at radius 1 is 1.00 bits per heavy atom. The van der Waals surface area contributed by atoms with Gasteiger partial charge in [-0.1, -0.05) is 22.0 Å². The van der Waals surface area contributed by atoms with E-state index >= 15 is 0 Å². The van der Waals surface area contributed by atoms with E-state index < -0.39 is 5.63 Å². The summed E-state index contributed by atoms with van der Waals surface area (Å²) in [5, 5.41) is 5.58. The van der Waals surface area contributed by atoms with Gasteiger partial charge in [-0.25, -0.2) is 14.5 Å². The van der Waals surface area contributed by atoms with Gasteiger partial charge in [0.25, 0.3) is 5.56 Å². The highest BCUT2D eigenvalue weighted by Gasteiger charge is 2.14. The Hall–Kier alpha value is -3.52. The van der Waals surface area contributed by atoms with E-state index in [9.17, 15) is 9.59 Å². The molecule has 2 aromatic carbocycles. The Morgan fingerprint density at radius 3 is 2.55 bits per heavy atom. The molecule has 0 aliphatic rings. The number of hydrogen-bond donors (Lipinski definition) is 0. The highest BCUT2D eigenvalue weighted by atomic mass is 79.9. The Bertz CT molecular complexity index is 1580. The van der Waals surface area contributed by atoms with Crippen LogP contribution in [-0.2, 0) is 6.54 Å². The molecule has 7 nitrogen and oxygen atoms in total. The first-order valence-electron chi connectivity index (χ1n) is 9.63. The van der Waals surface area contributed by atoms with Crippen molar-refractivity contribution >= 4 is 37.9 Å². The third-order valence-electron chi connectivity index (χ3n) is 5.14. The minimum atomic E-state index is -0.467. The van der Waals surface area contributed by atoms with E-state index in [1.807, 2.05) is 38.1 Å². The zero-order valence-corrected chi connectivity index (χ0v) is 18.4. The molecule has 0 radical (unpaired) electrons. The van der Waals surface area contributed by atoms with Crippen molar-refractivity contribution in [3.63, 3.8) is 0 Å². The minimum Gasteiger partial charge on any atom is -0.423 e. The van der Waals surface area contributed by atoms with Crippen molar-refractivity contribution in [2.24, 2.45) is 0 Å². The maximum Gasteiger partial charge on any atom is 0.336 e. The van der Waals surface area contributed by atoms with Gasteiger partial charge < -0.3 is 4.42 Å². The fourth-order valence-electron chi connectivity index (χ4n) is 3.84. The van der Waals surface area contributed by atoms with Gasteiger partial charge in [-0.2, -0.15) is 5.10 Å². The number of benzene rings is 2. The topological polar surface area (TPSA) is 82.9 Å². The third-order valence-corrected chi connectivity index (χ3v) is 5.63. The third kappa shape index (κ3) is 3.48. The first kappa shape index (κ1) is 19.4. The van der Waals surface area contributed by atoms with E-state index in [-0.39, 0.29) is 12.1 Å². The molecule has 31 heavy (non-hydrogen) atoms. The summed E-state index contributed by atoms with van der Waals surface area (Å²) in [5.74, 6) is 0. The van der Waals surface area contributed by atoms with Gasteiger partial charge in [-0.15, -0.1) is 0 Å². The average molecular weight is 477 g/mol. The Balaban J connectivity index is 1.62. The number of hydrogen-bond acceptors (Lipinski definition) is 5. The van der Waals surface area contributed by atoms with Crippen LogP contribution in [0.25, 0.3) is 27.7 Å². The molecule has 0 aliphatic heterocycles. The quantitative estimate of drug-likeness (QED) is 0.365. The van der Waals surface area contributed by atoms with Crippen molar-refractivity contribution in [3.05, 3.63) is 96.9 Å². The molecule has 0 atom stereocenters. The lowest BCUT2D eigenvalue weighted by atomic mass is 10.1. The second-order valence-corrected chi connectivity index (χ2v) is 8.46. The highest BCUT2D eigenvalue weighted by molar-refractivity contribution is 9.10. The van der Waals surface area contributed by atoms with Crippen LogP contribution in [0.1, 0.15) is 16.7 Å². The summed E-state index contributed by atoms with van der Waals surface area (Å²) in [6.45, 7) is 4.23. The summed E-state index contributed by atoms with van der Waals surface area (Å²) < 4.78 is 9.25. The van der Waals surface area contributed by atoms with E-state index in [1.54, 1.807) is 10.7 Å². The molecule has 5 aromatic rings. The molecular weight excluding hydrogens is 460 g/mol. The largest absolute Gasteiger partial charge is 0.423 e. The van der Waals surface area contributed by atoms with Crippen LogP contribution in [0, 0.1) is 13.8 Å². The van der Waals surface area contributed by atoms with Crippen LogP contribution < -0.4 is 11.2 Å². The number of rotatable bonds is 3. The molecule has 3 aromatic heterocycles. The normalized spacial score (nSPS) is 11.5. The zero-order chi connectivity index (χ0) is 21.7. The lowest BCUT2D eigenvalue weighted by molar-refractivity contribution is 0.557. The maximum absolute atomic E-state index is 13.1.